The Morgan fingerprint density at radius 1 is 0.733 bits per heavy atom. The van der Waals surface area contributed by atoms with Crippen LogP contribution in [0.2, 0.25) is 0 Å². The van der Waals surface area contributed by atoms with Gasteiger partial charge in [0.1, 0.15) is 17.7 Å². The molecule has 0 aliphatic carbocycles. The summed E-state index contributed by atoms with van der Waals surface area (Å²) < 4.78 is 9.71. The Labute approximate surface area is 348 Å². The third-order valence-electron chi connectivity index (χ3n) is 12.0. The number of alkyl carbamates (subject to hydrolysis) is 1. The van der Waals surface area contributed by atoms with Gasteiger partial charge in [-0.05, 0) is 88.9 Å². The van der Waals surface area contributed by atoms with Crippen LogP contribution in [0.15, 0.2) is 72.8 Å². The molecule has 2 aromatic heterocycles. The number of H-pyrrole nitrogens is 2. The molecule has 8 rings (SSSR count). The molecule has 0 spiro atoms. The number of nitrogens with one attached hydrogen (secondary N) is 4. The molecule has 0 unspecified atom stereocenters. The smallest absolute Gasteiger partial charge is 0.453 e. The number of aromatic nitrogens is 4. The van der Waals surface area contributed by atoms with Crippen LogP contribution in [-0.4, -0.2) is 98.2 Å². The largest absolute Gasteiger partial charge is 0.545 e. The lowest BCUT2D eigenvalue weighted by Gasteiger charge is -2.29. The van der Waals surface area contributed by atoms with Gasteiger partial charge >= 0.3 is 12.2 Å². The fraction of sp³-hybridized carbons (Fsp3) is 0.391. The van der Waals surface area contributed by atoms with Crippen LogP contribution < -0.4 is 10.3 Å². The average molecular weight is 814 g/mol. The van der Waals surface area contributed by atoms with Crippen LogP contribution >= 0.6 is 0 Å². The van der Waals surface area contributed by atoms with Gasteiger partial charge in [-0.1, -0.05) is 76.2 Å². The van der Waals surface area contributed by atoms with Crippen molar-refractivity contribution in [3.8, 4) is 22.3 Å². The van der Waals surface area contributed by atoms with Crippen molar-refractivity contribution < 1.29 is 34.0 Å². The zero-order valence-corrected chi connectivity index (χ0v) is 34.9. The SMILES string of the molecule is COC(=O)N[C@H](C(=O)N1CCC[C@H]1c1nc2ccc(-c3cccc4c(-c5ccc6nc([C@@H]7CCCN7C(=O)[C@@H]([NH+]=C(O)OC)C(C)C)[nH]c6c5)cccc34)cc2[nH]1)C(C)C. The molecule has 4 aromatic carbocycles. The Hall–Kier alpha value is -6.44. The van der Waals surface area contributed by atoms with Gasteiger partial charge in [0, 0.05) is 19.0 Å². The highest BCUT2D eigenvalue weighted by Gasteiger charge is 2.40. The van der Waals surface area contributed by atoms with E-state index in [1.807, 2.05) is 49.6 Å². The molecule has 2 aliphatic rings. The average Bonchev–Trinajstić information content (AvgIpc) is 4.08. The number of hydrogen-bond donors (Lipinski definition) is 5. The van der Waals surface area contributed by atoms with Crippen molar-refractivity contribution in [1.29, 1.82) is 0 Å². The zero-order valence-electron chi connectivity index (χ0n) is 34.9. The van der Waals surface area contributed by atoms with Crippen molar-refractivity contribution in [3.63, 3.8) is 0 Å². The van der Waals surface area contributed by atoms with E-state index in [1.165, 1.54) is 14.2 Å². The summed E-state index contributed by atoms with van der Waals surface area (Å²) in [4.78, 5) is 63.1. The molecule has 2 aliphatic heterocycles. The number of methoxy groups -OCH3 is 2. The highest BCUT2D eigenvalue weighted by atomic mass is 16.6. The number of aliphatic hydroxyl groups excluding tert-OH is 1. The molecule has 14 nitrogen and oxygen atoms in total. The van der Waals surface area contributed by atoms with Crippen molar-refractivity contribution in [2.45, 2.75) is 77.5 Å². The first-order valence-corrected chi connectivity index (χ1v) is 20.8. The lowest BCUT2D eigenvalue weighted by molar-refractivity contribution is -0.516. The second kappa shape index (κ2) is 16.7. The molecular formula is C46H53N8O6+. The third-order valence-corrected chi connectivity index (χ3v) is 12.0. The predicted octanol–water partition coefficient (Wildman–Crippen LogP) is 6.30. The highest BCUT2D eigenvalue weighted by Crippen LogP contribution is 2.39. The van der Waals surface area contributed by atoms with E-state index < -0.39 is 18.2 Å². The molecule has 2 saturated heterocycles. The molecule has 5 N–H and O–H groups in total. The Kier molecular flexibility index (Phi) is 11.2. The summed E-state index contributed by atoms with van der Waals surface area (Å²) in [5.74, 6) is 1.04. The lowest BCUT2D eigenvalue weighted by Crippen LogP contribution is -2.85. The number of hydrogen-bond acceptors (Lipinski definition) is 7. The van der Waals surface area contributed by atoms with Gasteiger partial charge in [-0.15, -0.1) is 0 Å². The van der Waals surface area contributed by atoms with Crippen LogP contribution in [0.1, 0.15) is 77.1 Å². The zero-order chi connectivity index (χ0) is 42.2. The van der Waals surface area contributed by atoms with Gasteiger partial charge in [-0.3, -0.25) is 9.59 Å². The van der Waals surface area contributed by atoms with Crippen molar-refractivity contribution in [2.75, 3.05) is 27.3 Å². The summed E-state index contributed by atoms with van der Waals surface area (Å²) in [6, 6.07) is 23.4. The summed E-state index contributed by atoms with van der Waals surface area (Å²) in [7, 11) is 2.65. The fourth-order valence-corrected chi connectivity index (χ4v) is 8.91. The maximum Gasteiger partial charge on any atom is 0.545 e. The summed E-state index contributed by atoms with van der Waals surface area (Å²) in [5.41, 5.74) is 7.67. The van der Waals surface area contributed by atoms with Crippen LogP contribution in [0.25, 0.3) is 55.1 Å². The minimum Gasteiger partial charge on any atom is -0.453 e. The number of fused-ring (bicyclic) bond motifs is 3. The monoisotopic (exact) mass is 813 g/mol. The van der Waals surface area contributed by atoms with Gasteiger partial charge in [0.05, 0.1) is 48.4 Å². The number of nitrogens with zero attached hydrogens (tertiary/aromatic N) is 4. The number of carbonyl (C=O) groups excluding carboxylic acids is 3. The number of rotatable bonds is 10. The van der Waals surface area contributed by atoms with E-state index in [4.69, 9.17) is 19.4 Å². The molecule has 0 saturated carbocycles. The fourth-order valence-electron chi connectivity index (χ4n) is 8.91. The number of benzene rings is 4. The molecule has 3 amide bonds. The number of carbonyl (C=O) groups is 3. The third kappa shape index (κ3) is 7.62. The van der Waals surface area contributed by atoms with Crippen LogP contribution in [0.4, 0.5) is 4.79 Å². The van der Waals surface area contributed by atoms with Gasteiger partial charge in [-0.2, -0.15) is 4.99 Å². The summed E-state index contributed by atoms with van der Waals surface area (Å²) >= 11 is 0. The van der Waals surface area contributed by atoms with Crippen molar-refractivity contribution in [2.24, 2.45) is 11.8 Å². The normalized spacial score (nSPS) is 18.2. The number of likely N-dealkylation sites (tertiary alicyclic amines) is 2. The van der Waals surface area contributed by atoms with Crippen molar-refractivity contribution in [3.05, 3.63) is 84.4 Å². The molecule has 14 heteroatoms. The summed E-state index contributed by atoms with van der Waals surface area (Å²) in [6.07, 6.45) is 2.25. The standard InChI is InChI=1S/C46H52N8O6/c1-25(2)39(51-45(57)59-5)43(55)53-21-9-15-37(53)41-47-33-19-17-27(23-35(33)49-41)29-11-7-14-32-30(12-8-13-31(29)32)28-18-20-34-36(24-28)50-42(48-34)38-16-10-22-54(38)44(56)40(26(3)4)52-46(58)60-6/h7-8,11-14,17-20,23-26,37-40H,9-10,15-16,21-22H2,1-6H3,(H,47,49)(H,48,50)(H,51,57)(H,52,58)/p+1/t37-,38-,39-,40-/m0/s1. The quantitative estimate of drug-likeness (QED) is 0.0790. The number of imidazole rings is 2. The molecular weight excluding hydrogens is 761 g/mol. The Morgan fingerprint density at radius 3 is 1.72 bits per heavy atom. The Morgan fingerprint density at radius 2 is 1.25 bits per heavy atom. The first-order chi connectivity index (χ1) is 28.9. The molecule has 312 valence electrons. The van der Waals surface area contributed by atoms with Crippen LogP contribution in [0.5, 0.6) is 0 Å². The van der Waals surface area contributed by atoms with Gasteiger partial charge in [-0.25, -0.2) is 14.8 Å². The number of ether oxygens (including phenoxy) is 2. The van der Waals surface area contributed by atoms with E-state index in [2.05, 4.69) is 80.9 Å². The van der Waals surface area contributed by atoms with Gasteiger partial charge in [0.15, 0.2) is 0 Å². The minimum atomic E-state index is -0.701. The van der Waals surface area contributed by atoms with Crippen LogP contribution in [0.3, 0.4) is 0 Å². The van der Waals surface area contributed by atoms with Crippen LogP contribution in [-0.2, 0) is 19.1 Å². The molecule has 4 heterocycles. The van der Waals surface area contributed by atoms with Crippen molar-refractivity contribution >= 4 is 56.8 Å². The van der Waals surface area contributed by atoms with Crippen molar-refractivity contribution in [1.82, 2.24) is 35.1 Å². The maximum absolute atomic E-state index is 13.8. The second-order valence-corrected chi connectivity index (χ2v) is 16.5. The van der Waals surface area contributed by atoms with Gasteiger partial charge in [0.25, 0.3) is 5.91 Å². The second-order valence-electron chi connectivity index (χ2n) is 16.5. The summed E-state index contributed by atoms with van der Waals surface area (Å²) in [5, 5.41) is 15.0. The molecule has 60 heavy (non-hydrogen) atoms. The molecule has 0 radical (unpaired) electrons. The molecule has 0 bridgehead atoms. The topological polar surface area (TPSA) is 180 Å². The summed E-state index contributed by atoms with van der Waals surface area (Å²) in [6.45, 7) is 8.88. The highest BCUT2D eigenvalue weighted by molar-refractivity contribution is 6.05. The first kappa shape index (κ1) is 40.3. The van der Waals surface area contributed by atoms with E-state index >= 15 is 0 Å². The number of aliphatic hydroxyl groups is 1. The molecule has 2 fully saturated rings. The Bertz CT molecular complexity index is 2610. The molecule has 4 atom stereocenters. The number of amides is 3. The Balaban J connectivity index is 1.07. The predicted molar refractivity (Wildman–Crippen MR) is 230 cm³/mol. The number of aromatic amines is 2. The van der Waals surface area contributed by atoms with E-state index in [1.54, 1.807) is 0 Å². The van der Waals surface area contributed by atoms with E-state index in [0.717, 1.165) is 92.4 Å². The van der Waals surface area contributed by atoms with Gasteiger partial charge < -0.3 is 39.7 Å². The van der Waals surface area contributed by atoms with E-state index in [0.29, 0.717) is 13.1 Å². The van der Waals surface area contributed by atoms with E-state index in [-0.39, 0.29) is 41.8 Å². The molecule has 6 aromatic rings. The van der Waals surface area contributed by atoms with Gasteiger partial charge in [0.2, 0.25) is 11.9 Å². The minimum absolute atomic E-state index is 0.0776. The van der Waals surface area contributed by atoms with E-state index in [9.17, 15) is 19.5 Å². The maximum atomic E-state index is 13.8. The first-order valence-electron chi connectivity index (χ1n) is 20.8. The van der Waals surface area contributed by atoms with Crippen LogP contribution in [0, 0.1) is 11.8 Å². The lowest BCUT2D eigenvalue weighted by atomic mass is 9.93.